The van der Waals surface area contributed by atoms with Gasteiger partial charge in [0.2, 0.25) is 5.91 Å². The fourth-order valence-electron chi connectivity index (χ4n) is 3.74. The molecule has 120 valence electrons. The molecule has 1 amide bonds. The molecule has 1 aromatic carbocycles. The predicted molar refractivity (Wildman–Crippen MR) is 73.9 cm³/mol. The third kappa shape index (κ3) is 3.54. The zero-order chi connectivity index (χ0) is 15.7. The van der Waals surface area contributed by atoms with E-state index < -0.39 is 6.36 Å². The van der Waals surface area contributed by atoms with E-state index in [1.807, 2.05) is 0 Å². The molecule has 2 fully saturated rings. The first kappa shape index (κ1) is 15.2. The Morgan fingerprint density at radius 2 is 2.09 bits per heavy atom. The average Bonchev–Trinajstić information content (AvgIpc) is 3.06. The van der Waals surface area contributed by atoms with Gasteiger partial charge in [0.15, 0.2) is 0 Å². The SMILES string of the molecule is O=C(NCc1cccc(OC(F)(F)F)c1)C1CC2CCC1C2. The maximum atomic E-state index is 12.2. The second-order valence-corrected chi connectivity index (χ2v) is 6.19. The Labute approximate surface area is 126 Å². The summed E-state index contributed by atoms with van der Waals surface area (Å²) in [5, 5.41) is 2.84. The highest BCUT2D eigenvalue weighted by atomic mass is 19.4. The number of ether oxygens (including phenoxy) is 1. The van der Waals surface area contributed by atoms with Crippen LogP contribution in [0.1, 0.15) is 31.2 Å². The molecule has 2 aliphatic rings. The maximum Gasteiger partial charge on any atom is 0.573 e. The first-order valence-electron chi connectivity index (χ1n) is 7.53. The van der Waals surface area contributed by atoms with Gasteiger partial charge in [0.1, 0.15) is 5.75 Å². The maximum absolute atomic E-state index is 12.2. The molecule has 2 aliphatic carbocycles. The van der Waals surface area contributed by atoms with Gasteiger partial charge in [-0.1, -0.05) is 18.6 Å². The van der Waals surface area contributed by atoms with E-state index >= 15 is 0 Å². The van der Waals surface area contributed by atoms with E-state index in [4.69, 9.17) is 0 Å². The lowest BCUT2D eigenvalue weighted by molar-refractivity contribution is -0.274. The largest absolute Gasteiger partial charge is 0.573 e. The third-order valence-electron chi connectivity index (χ3n) is 4.67. The Balaban J connectivity index is 1.55. The Bertz CT molecular complexity index is 559. The summed E-state index contributed by atoms with van der Waals surface area (Å²) in [5.74, 6) is 1.01. The molecule has 0 saturated heterocycles. The molecule has 0 spiro atoms. The molecule has 2 saturated carbocycles. The number of benzene rings is 1. The molecule has 1 aromatic rings. The Kier molecular flexibility index (Phi) is 4.02. The number of amides is 1. The van der Waals surface area contributed by atoms with Gasteiger partial charge < -0.3 is 10.1 Å². The van der Waals surface area contributed by atoms with Crippen LogP contribution < -0.4 is 10.1 Å². The number of halogens is 3. The van der Waals surface area contributed by atoms with E-state index in [-0.39, 0.29) is 24.1 Å². The molecule has 3 atom stereocenters. The minimum Gasteiger partial charge on any atom is -0.406 e. The molecule has 22 heavy (non-hydrogen) atoms. The summed E-state index contributed by atoms with van der Waals surface area (Å²) in [6, 6.07) is 5.70. The molecule has 0 aliphatic heterocycles. The van der Waals surface area contributed by atoms with Gasteiger partial charge in [0, 0.05) is 12.5 Å². The van der Waals surface area contributed by atoms with Crippen LogP contribution in [0.2, 0.25) is 0 Å². The van der Waals surface area contributed by atoms with Crippen LogP contribution in [-0.4, -0.2) is 12.3 Å². The van der Waals surface area contributed by atoms with Crippen LogP contribution in [0.3, 0.4) is 0 Å². The van der Waals surface area contributed by atoms with Gasteiger partial charge >= 0.3 is 6.36 Å². The van der Waals surface area contributed by atoms with E-state index in [1.54, 1.807) is 6.07 Å². The molecular formula is C16H18F3NO2. The summed E-state index contributed by atoms with van der Waals surface area (Å²) in [4.78, 5) is 12.2. The van der Waals surface area contributed by atoms with E-state index in [0.29, 0.717) is 17.4 Å². The normalized spacial score (nSPS) is 27.0. The number of nitrogens with one attached hydrogen (secondary N) is 1. The van der Waals surface area contributed by atoms with Crippen molar-refractivity contribution in [3.63, 3.8) is 0 Å². The zero-order valence-electron chi connectivity index (χ0n) is 12.0. The summed E-state index contributed by atoms with van der Waals surface area (Å²) in [5.41, 5.74) is 0.596. The molecule has 0 aromatic heterocycles. The summed E-state index contributed by atoms with van der Waals surface area (Å²) >= 11 is 0. The second-order valence-electron chi connectivity index (χ2n) is 6.19. The van der Waals surface area contributed by atoms with Gasteiger partial charge in [0.05, 0.1) is 0 Å². The van der Waals surface area contributed by atoms with Gasteiger partial charge in [0.25, 0.3) is 0 Å². The number of fused-ring (bicyclic) bond motifs is 2. The number of carbonyl (C=O) groups excluding carboxylic acids is 1. The Morgan fingerprint density at radius 1 is 1.27 bits per heavy atom. The lowest BCUT2D eigenvalue weighted by Crippen LogP contribution is -2.33. The van der Waals surface area contributed by atoms with E-state index in [2.05, 4.69) is 10.1 Å². The summed E-state index contributed by atoms with van der Waals surface area (Å²) in [6.07, 6.45) is -0.255. The van der Waals surface area contributed by atoms with E-state index in [1.165, 1.54) is 24.6 Å². The minimum absolute atomic E-state index is 0.0225. The zero-order valence-corrected chi connectivity index (χ0v) is 12.0. The molecule has 0 heterocycles. The molecule has 3 rings (SSSR count). The first-order valence-corrected chi connectivity index (χ1v) is 7.53. The highest BCUT2D eigenvalue weighted by Gasteiger charge is 2.42. The lowest BCUT2D eigenvalue weighted by atomic mass is 9.88. The highest BCUT2D eigenvalue weighted by molar-refractivity contribution is 5.79. The van der Waals surface area contributed by atoms with Crippen LogP contribution in [0.4, 0.5) is 13.2 Å². The third-order valence-corrected chi connectivity index (χ3v) is 4.67. The van der Waals surface area contributed by atoms with Gasteiger partial charge in [-0.25, -0.2) is 0 Å². The van der Waals surface area contributed by atoms with Crippen molar-refractivity contribution in [3.05, 3.63) is 29.8 Å². The minimum atomic E-state index is -4.70. The number of hydrogen-bond acceptors (Lipinski definition) is 2. The van der Waals surface area contributed by atoms with Crippen molar-refractivity contribution in [3.8, 4) is 5.75 Å². The van der Waals surface area contributed by atoms with Crippen molar-refractivity contribution in [1.29, 1.82) is 0 Å². The van der Waals surface area contributed by atoms with Crippen molar-refractivity contribution in [2.75, 3.05) is 0 Å². The number of alkyl halides is 3. The van der Waals surface area contributed by atoms with Crippen LogP contribution in [0, 0.1) is 17.8 Å². The standard InChI is InChI=1S/C16H18F3NO2/c17-16(18,19)22-13-3-1-2-11(7-13)9-20-15(21)14-8-10-4-5-12(14)6-10/h1-3,7,10,12,14H,4-6,8-9H2,(H,20,21). The molecule has 3 unspecified atom stereocenters. The molecule has 0 radical (unpaired) electrons. The summed E-state index contributed by atoms with van der Waals surface area (Å²) in [6.45, 7) is 0.224. The van der Waals surface area contributed by atoms with Crippen molar-refractivity contribution < 1.29 is 22.7 Å². The topological polar surface area (TPSA) is 38.3 Å². The van der Waals surface area contributed by atoms with E-state index in [0.717, 1.165) is 19.3 Å². The first-order chi connectivity index (χ1) is 10.4. The van der Waals surface area contributed by atoms with Crippen LogP contribution >= 0.6 is 0 Å². The summed E-state index contributed by atoms with van der Waals surface area (Å²) in [7, 11) is 0. The van der Waals surface area contributed by atoms with Crippen LogP contribution in [0.25, 0.3) is 0 Å². The summed E-state index contributed by atoms with van der Waals surface area (Å²) < 4.78 is 40.4. The van der Waals surface area contributed by atoms with Crippen molar-refractivity contribution >= 4 is 5.91 Å². The smallest absolute Gasteiger partial charge is 0.406 e. The van der Waals surface area contributed by atoms with Crippen LogP contribution in [0.5, 0.6) is 5.75 Å². The monoisotopic (exact) mass is 313 g/mol. The van der Waals surface area contributed by atoms with Gasteiger partial charge in [-0.15, -0.1) is 13.2 Å². The van der Waals surface area contributed by atoms with Crippen molar-refractivity contribution in [1.82, 2.24) is 5.32 Å². The van der Waals surface area contributed by atoms with Gasteiger partial charge in [-0.2, -0.15) is 0 Å². The Morgan fingerprint density at radius 3 is 2.73 bits per heavy atom. The quantitative estimate of drug-likeness (QED) is 0.921. The molecule has 6 heteroatoms. The predicted octanol–water partition coefficient (Wildman–Crippen LogP) is 3.64. The lowest BCUT2D eigenvalue weighted by Gasteiger charge is -2.20. The molecule has 3 nitrogen and oxygen atoms in total. The Hall–Kier alpha value is -1.72. The highest BCUT2D eigenvalue weighted by Crippen LogP contribution is 2.48. The molecule has 1 N–H and O–H groups in total. The van der Waals surface area contributed by atoms with E-state index in [9.17, 15) is 18.0 Å². The average molecular weight is 313 g/mol. The van der Waals surface area contributed by atoms with Crippen LogP contribution in [-0.2, 0) is 11.3 Å². The number of hydrogen-bond donors (Lipinski definition) is 1. The van der Waals surface area contributed by atoms with Crippen molar-refractivity contribution in [2.45, 2.75) is 38.6 Å². The fourth-order valence-corrected chi connectivity index (χ4v) is 3.74. The second kappa shape index (κ2) is 5.82. The molecular weight excluding hydrogens is 295 g/mol. The van der Waals surface area contributed by atoms with Crippen LogP contribution in [0.15, 0.2) is 24.3 Å². The molecule has 2 bridgehead atoms. The number of carbonyl (C=O) groups is 1. The van der Waals surface area contributed by atoms with Gasteiger partial charge in [-0.05, 0) is 48.8 Å². The fraction of sp³-hybridized carbons (Fsp3) is 0.562. The number of rotatable bonds is 4. The van der Waals surface area contributed by atoms with Crippen molar-refractivity contribution in [2.24, 2.45) is 17.8 Å². The van der Waals surface area contributed by atoms with Gasteiger partial charge in [-0.3, -0.25) is 4.79 Å².